The Morgan fingerprint density at radius 3 is 2.65 bits per heavy atom. The number of hydrogen-bond acceptors (Lipinski definition) is 4. The predicted octanol–water partition coefficient (Wildman–Crippen LogP) is 3.93. The molecule has 0 bridgehead atoms. The third kappa shape index (κ3) is 4.11. The summed E-state index contributed by atoms with van der Waals surface area (Å²) in [6, 6.07) is 15.1. The maximum atomic E-state index is 12.3. The number of carbonyl (C=O) groups excluding carboxylic acids is 2. The lowest BCUT2D eigenvalue weighted by Crippen LogP contribution is -2.14. The van der Waals surface area contributed by atoms with E-state index in [1.165, 1.54) is 0 Å². The Bertz CT molecular complexity index is 913. The van der Waals surface area contributed by atoms with Gasteiger partial charge in [0.15, 0.2) is 6.61 Å². The number of aromatic nitrogens is 1. The minimum absolute atomic E-state index is 0.200. The van der Waals surface area contributed by atoms with E-state index in [-0.39, 0.29) is 18.8 Å². The summed E-state index contributed by atoms with van der Waals surface area (Å²) in [5.41, 5.74) is 2.37. The van der Waals surface area contributed by atoms with Crippen LogP contribution >= 0.6 is 0 Å². The molecule has 5 nitrogen and oxygen atoms in total. The summed E-state index contributed by atoms with van der Waals surface area (Å²) in [6.07, 6.45) is 2.36. The van der Waals surface area contributed by atoms with Crippen LogP contribution in [0.5, 0.6) is 5.75 Å². The van der Waals surface area contributed by atoms with Crippen molar-refractivity contribution in [3.8, 4) is 5.75 Å². The minimum atomic E-state index is -0.399. The highest BCUT2D eigenvalue weighted by molar-refractivity contribution is 6.08. The van der Waals surface area contributed by atoms with E-state index in [1.54, 1.807) is 6.20 Å². The van der Waals surface area contributed by atoms with Gasteiger partial charge in [-0.25, -0.2) is 0 Å². The van der Waals surface area contributed by atoms with Crippen LogP contribution in [0, 0.1) is 0 Å². The molecule has 1 heterocycles. The van der Waals surface area contributed by atoms with E-state index in [0.717, 1.165) is 22.2 Å². The van der Waals surface area contributed by atoms with Gasteiger partial charge in [-0.05, 0) is 31.0 Å². The third-order valence-electron chi connectivity index (χ3n) is 4.12. The van der Waals surface area contributed by atoms with Gasteiger partial charge < -0.3 is 14.5 Å². The monoisotopic (exact) mass is 351 g/mol. The lowest BCUT2D eigenvalue weighted by molar-refractivity contribution is -0.142. The molecule has 0 unspecified atom stereocenters. The summed E-state index contributed by atoms with van der Waals surface area (Å²) < 4.78 is 10.7. The number of ketones is 1. The van der Waals surface area contributed by atoms with Gasteiger partial charge in [-0.2, -0.15) is 0 Å². The fourth-order valence-electron chi connectivity index (χ4n) is 2.84. The fourth-order valence-corrected chi connectivity index (χ4v) is 2.84. The van der Waals surface area contributed by atoms with Crippen LogP contribution in [-0.4, -0.2) is 30.0 Å². The first-order valence-electron chi connectivity index (χ1n) is 8.64. The number of Topliss-reactive ketones (excluding diaryl/α,β-unsaturated/α-hetero) is 1. The van der Waals surface area contributed by atoms with Crippen molar-refractivity contribution < 1.29 is 19.1 Å². The number of benzene rings is 2. The highest BCUT2D eigenvalue weighted by Crippen LogP contribution is 2.20. The maximum Gasteiger partial charge on any atom is 0.306 e. The van der Waals surface area contributed by atoms with Crippen molar-refractivity contribution in [1.29, 1.82) is 0 Å². The van der Waals surface area contributed by atoms with Gasteiger partial charge in [0.1, 0.15) is 5.75 Å². The molecular weight excluding hydrogens is 330 g/mol. The van der Waals surface area contributed by atoms with Crippen LogP contribution in [0.3, 0.4) is 0 Å². The van der Waals surface area contributed by atoms with E-state index < -0.39 is 5.97 Å². The van der Waals surface area contributed by atoms with Gasteiger partial charge in [-0.15, -0.1) is 0 Å². The third-order valence-corrected chi connectivity index (χ3v) is 4.12. The molecule has 2 aromatic carbocycles. The van der Waals surface area contributed by atoms with Crippen LogP contribution in [0.4, 0.5) is 0 Å². The van der Waals surface area contributed by atoms with Gasteiger partial charge in [0.2, 0.25) is 5.78 Å². The highest BCUT2D eigenvalue weighted by Gasteiger charge is 2.14. The molecule has 26 heavy (non-hydrogen) atoms. The summed E-state index contributed by atoms with van der Waals surface area (Å²) in [5.74, 6) is 0.160. The number of aromatic amines is 1. The van der Waals surface area contributed by atoms with Gasteiger partial charge >= 0.3 is 5.97 Å². The average molecular weight is 351 g/mol. The molecule has 3 aromatic rings. The van der Waals surface area contributed by atoms with Crippen molar-refractivity contribution in [1.82, 2.24) is 4.98 Å². The zero-order valence-corrected chi connectivity index (χ0v) is 14.7. The van der Waals surface area contributed by atoms with Crippen molar-refractivity contribution >= 4 is 22.7 Å². The Morgan fingerprint density at radius 2 is 1.81 bits per heavy atom. The molecule has 0 aliphatic rings. The quantitative estimate of drug-likeness (QED) is 0.493. The number of fused-ring (bicyclic) bond motifs is 1. The zero-order valence-electron chi connectivity index (χ0n) is 14.7. The number of carbonyl (C=O) groups is 2. The minimum Gasteiger partial charge on any atom is -0.494 e. The van der Waals surface area contributed by atoms with Gasteiger partial charge in [0, 0.05) is 29.1 Å². The lowest BCUT2D eigenvalue weighted by atomic mass is 10.1. The van der Waals surface area contributed by atoms with Crippen LogP contribution in [0.1, 0.15) is 29.3 Å². The van der Waals surface area contributed by atoms with Crippen molar-refractivity contribution in [2.75, 3.05) is 13.2 Å². The molecule has 0 radical (unpaired) electrons. The summed E-state index contributed by atoms with van der Waals surface area (Å²) in [5, 5.41) is 0.833. The van der Waals surface area contributed by atoms with Crippen LogP contribution in [-0.2, 0) is 16.0 Å². The molecule has 0 aliphatic carbocycles. The average Bonchev–Trinajstić information content (AvgIpc) is 3.10. The molecule has 5 heteroatoms. The Hall–Kier alpha value is -3.08. The summed E-state index contributed by atoms with van der Waals surface area (Å²) in [7, 11) is 0. The molecule has 0 atom stereocenters. The first-order valence-corrected chi connectivity index (χ1v) is 8.64. The van der Waals surface area contributed by atoms with Gasteiger partial charge in [0.25, 0.3) is 0 Å². The molecule has 0 saturated heterocycles. The second-order valence-corrected chi connectivity index (χ2v) is 5.87. The first kappa shape index (κ1) is 17.7. The van der Waals surface area contributed by atoms with Gasteiger partial charge in [-0.1, -0.05) is 36.4 Å². The molecular formula is C21H21NO4. The molecule has 0 amide bonds. The second kappa shape index (κ2) is 8.34. The first-order chi connectivity index (χ1) is 12.7. The number of rotatable bonds is 8. The standard InChI is InChI=1S/C21H21NO4/c1-2-25-20-10-6-3-7-15(20)11-12-21(24)26-14-19(23)17-13-22-18-9-5-4-8-16(17)18/h3-10,13,22H,2,11-12,14H2,1H3. The topological polar surface area (TPSA) is 68.4 Å². The SMILES string of the molecule is CCOc1ccccc1CCC(=O)OCC(=O)c1c[nH]c2ccccc12. The molecule has 0 saturated carbocycles. The number of ether oxygens (including phenoxy) is 2. The van der Waals surface area contributed by atoms with E-state index >= 15 is 0 Å². The largest absolute Gasteiger partial charge is 0.494 e. The Balaban J connectivity index is 1.54. The number of para-hydroxylation sites is 2. The lowest BCUT2D eigenvalue weighted by Gasteiger charge is -2.09. The zero-order chi connectivity index (χ0) is 18.4. The molecule has 0 aliphatic heterocycles. The maximum absolute atomic E-state index is 12.3. The van der Waals surface area contributed by atoms with Crippen molar-refractivity contribution in [3.63, 3.8) is 0 Å². The molecule has 3 rings (SSSR count). The number of H-pyrrole nitrogens is 1. The van der Waals surface area contributed by atoms with Crippen LogP contribution in [0.15, 0.2) is 54.7 Å². The molecule has 134 valence electrons. The Morgan fingerprint density at radius 1 is 1.04 bits per heavy atom. The number of esters is 1. The number of hydrogen-bond donors (Lipinski definition) is 1. The van der Waals surface area contributed by atoms with Crippen molar-refractivity contribution in [2.24, 2.45) is 0 Å². The summed E-state index contributed by atoms with van der Waals surface area (Å²) in [4.78, 5) is 27.4. The smallest absolute Gasteiger partial charge is 0.306 e. The van der Waals surface area contributed by atoms with E-state index in [9.17, 15) is 9.59 Å². The summed E-state index contributed by atoms with van der Waals surface area (Å²) >= 11 is 0. The fraction of sp³-hybridized carbons (Fsp3) is 0.238. The predicted molar refractivity (Wildman–Crippen MR) is 99.5 cm³/mol. The van der Waals surface area contributed by atoms with Gasteiger partial charge in [-0.3, -0.25) is 9.59 Å². The number of aryl methyl sites for hydroxylation is 1. The summed E-state index contributed by atoms with van der Waals surface area (Å²) in [6.45, 7) is 2.23. The van der Waals surface area contributed by atoms with Crippen molar-refractivity contribution in [3.05, 3.63) is 65.9 Å². The Kier molecular flexibility index (Phi) is 5.69. The number of nitrogens with one attached hydrogen (secondary N) is 1. The van der Waals surface area contributed by atoms with E-state index in [4.69, 9.17) is 9.47 Å². The van der Waals surface area contributed by atoms with E-state index in [2.05, 4.69) is 4.98 Å². The molecule has 1 aromatic heterocycles. The molecule has 0 spiro atoms. The van der Waals surface area contributed by atoms with Crippen LogP contribution in [0.25, 0.3) is 10.9 Å². The van der Waals surface area contributed by atoms with Gasteiger partial charge in [0.05, 0.1) is 6.61 Å². The molecule has 0 fully saturated rings. The van der Waals surface area contributed by atoms with Crippen molar-refractivity contribution in [2.45, 2.75) is 19.8 Å². The molecule has 1 N–H and O–H groups in total. The van der Waals surface area contributed by atoms with Crippen LogP contribution < -0.4 is 4.74 Å². The van der Waals surface area contributed by atoms with Crippen LogP contribution in [0.2, 0.25) is 0 Å². The highest BCUT2D eigenvalue weighted by atomic mass is 16.5. The normalized spacial score (nSPS) is 10.7. The second-order valence-electron chi connectivity index (χ2n) is 5.87. The van der Waals surface area contributed by atoms with E-state index in [1.807, 2.05) is 55.5 Å². The van der Waals surface area contributed by atoms with E-state index in [0.29, 0.717) is 18.6 Å². The Labute approximate surface area is 151 Å².